The Labute approximate surface area is 299 Å². The molecule has 1 aliphatic carbocycles. The molecule has 278 valence electrons. The van der Waals surface area contributed by atoms with Gasteiger partial charge in [0.05, 0.1) is 5.69 Å². The van der Waals surface area contributed by atoms with Crippen molar-refractivity contribution < 1.29 is 28.7 Å². The molecule has 3 fully saturated rings. The van der Waals surface area contributed by atoms with Gasteiger partial charge in [-0.25, -0.2) is 19.2 Å². The zero-order valence-corrected chi connectivity index (χ0v) is 31.2. The average molecular weight is 709 g/mol. The van der Waals surface area contributed by atoms with Crippen molar-refractivity contribution in [1.82, 2.24) is 34.5 Å². The normalized spacial score (nSPS) is 20.7. The van der Waals surface area contributed by atoms with E-state index in [0.29, 0.717) is 17.5 Å². The Morgan fingerprint density at radius 3 is 1.96 bits per heavy atom. The molecule has 0 radical (unpaired) electrons. The largest absolute Gasteiger partial charge is 0.444 e. The number of fused-ring (bicyclic) bond motifs is 1. The number of hydrogen-bond acceptors (Lipinski definition) is 9. The first-order valence-electron chi connectivity index (χ1n) is 17.4. The molecule has 1 aromatic carbocycles. The second-order valence-electron chi connectivity index (χ2n) is 16.2. The maximum absolute atomic E-state index is 13.1. The minimum atomic E-state index is -1.19. The van der Waals surface area contributed by atoms with Gasteiger partial charge in [-0.2, -0.15) is 4.98 Å². The Bertz CT molecular complexity index is 1670. The number of nitrogens with one attached hydrogen (secondary N) is 2. The molecule has 3 aliphatic rings. The third-order valence-corrected chi connectivity index (χ3v) is 9.21. The first-order chi connectivity index (χ1) is 23.7. The van der Waals surface area contributed by atoms with E-state index in [2.05, 4.69) is 20.5 Å². The van der Waals surface area contributed by atoms with Crippen LogP contribution in [0.1, 0.15) is 61.0 Å². The number of alkyl carbamates (subject to hydrolysis) is 1. The second-order valence-corrected chi connectivity index (χ2v) is 16.2. The van der Waals surface area contributed by atoms with E-state index in [1.54, 1.807) is 61.6 Å². The summed E-state index contributed by atoms with van der Waals surface area (Å²) in [7, 11) is 1.82. The van der Waals surface area contributed by atoms with Crippen molar-refractivity contribution in [2.75, 3.05) is 51.6 Å². The van der Waals surface area contributed by atoms with Crippen LogP contribution in [-0.4, -0.2) is 122 Å². The van der Waals surface area contributed by atoms with Crippen molar-refractivity contribution in [2.45, 2.75) is 84.7 Å². The number of nitrogens with zero attached hydrogens (tertiary/aromatic N) is 6. The molecule has 15 heteroatoms. The van der Waals surface area contributed by atoms with Gasteiger partial charge >= 0.3 is 23.9 Å². The van der Waals surface area contributed by atoms with Crippen LogP contribution in [0.3, 0.4) is 0 Å². The van der Waals surface area contributed by atoms with E-state index < -0.39 is 34.6 Å². The van der Waals surface area contributed by atoms with Gasteiger partial charge in [-0.1, -0.05) is 12.1 Å². The molecule has 51 heavy (non-hydrogen) atoms. The summed E-state index contributed by atoms with van der Waals surface area (Å²) in [4.78, 5) is 75.1. The molecule has 1 unspecified atom stereocenters. The smallest absolute Gasteiger partial charge is 0.410 e. The highest BCUT2D eigenvalue weighted by molar-refractivity contribution is 5.90. The lowest BCUT2D eigenvalue weighted by Crippen LogP contribution is -2.60. The molecule has 0 bridgehead atoms. The average Bonchev–Trinajstić information content (AvgIpc) is 3.52. The highest BCUT2D eigenvalue weighted by atomic mass is 16.6. The number of piperidine rings is 1. The van der Waals surface area contributed by atoms with E-state index in [0.717, 1.165) is 25.2 Å². The number of carbonyl (C=O) groups is 4. The van der Waals surface area contributed by atoms with E-state index in [4.69, 9.17) is 9.47 Å². The topological polar surface area (TPSA) is 159 Å². The van der Waals surface area contributed by atoms with Gasteiger partial charge in [0, 0.05) is 65.1 Å². The number of likely N-dealkylation sites (tertiary alicyclic amines) is 1. The maximum Gasteiger partial charge on any atom is 0.410 e. The van der Waals surface area contributed by atoms with E-state index >= 15 is 0 Å². The van der Waals surface area contributed by atoms with E-state index in [1.165, 1.54) is 4.57 Å². The molecule has 2 saturated heterocycles. The highest BCUT2D eigenvalue weighted by Crippen LogP contribution is 2.49. The minimum absolute atomic E-state index is 0.127. The number of carbonyl (C=O) groups excluding carboxylic acids is 4. The molecule has 0 spiro atoms. The third-order valence-electron chi connectivity index (χ3n) is 9.21. The number of urea groups is 1. The molecular formula is C36H52N8O7. The summed E-state index contributed by atoms with van der Waals surface area (Å²) in [6, 6.07) is 9.09. The lowest BCUT2D eigenvalue weighted by Gasteiger charge is -2.38. The van der Waals surface area contributed by atoms with Crippen molar-refractivity contribution >= 4 is 29.9 Å². The van der Waals surface area contributed by atoms with Crippen molar-refractivity contribution in [3.8, 4) is 5.69 Å². The van der Waals surface area contributed by atoms with Crippen LogP contribution < -0.4 is 16.3 Å². The molecule has 5 rings (SSSR count). The van der Waals surface area contributed by atoms with E-state index in [-0.39, 0.29) is 50.0 Å². The highest BCUT2D eigenvalue weighted by Gasteiger charge is 2.59. The summed E-state index contributed by atoms with van der Waals surface area (Å²) in [6.45, 7) is 17.8. The first-order valence-corrected chi connectivity index (χ1v) is 17.4. The molecule has 3 atom stereocenters. The molecule has 1 aromatic heterocycles. The Morgan fingerprint density at radius 1 is 0.843 bits per heavy atom. The number of aromatic nitrogens is 2. The summed E-state index contributed by atoms with van der Waals surface area (Å²) in [6.07, 6.45) is 0.622. The lowest BCUT2D eigenvalue weighted by atomic mass is 10.0. The number of benzene rings is 1. The number of hydrogen-bond donors (Lipinski definition) is 2. The summed E-state index contributed by atoms with van der Waals surface area (Å²) in [5, 5.41) is 5.32. The molecule has 5 amide bonds. The number of ether oxygens (including phenoxy) is 2. The van der Waals surface area contributed by atoms with E-state index in [9.17, 15) is 24.0 Å². The van der Waals surface area contributed by atoms with Gasteiger partial charge in [0.1, 0.15) is 22.6 Å². The monoisotopic (exact) mass is 708 g/mol. The van der Waals surface area contributed by atoms with Crippen molar-refractivity contribution in [3.63, 3.8) is 0 Å². The third kappa shape index (κ3) is 9.37. The Hall–Kier alpha value is -4.66. The van der Waals surface area contributed by atoms with E-state index in [1.807, 2.05) is 52.1 Å². The Balaban J connectivity index is 1.07. The predicted octanol–water partition coefficient (Wildman–Crippen LogP) is 3.51. The van der Waals surface area contributed by atoms with Gasteiger partial charge in [-0.15, -0.1) is 0 Å². The van der Waals surface area contributed by atoms with Crippen molar-refractivity contribution in [3.05, 3.63) is 52.6 Å². The standard InChI is InChI=1S/C36H52N8O7/c1-34(2,3)50-32(48)39-36(7,8)29(45)42-16-18-43(19-17-42)30(46)37-27-14-15-44(31(47)38-27)24-12-10-23(11-13-24)20-41-21-25-26(22-41)28(25)40(9)33(49)51-35(4,5)6/h10-15,25-26,28H,16-22H2,1-9H3,(H,39,48)(H,37,38,46,47)/t25-,26+,28?. The number of amides is 5. The molecular weight excluding hydrogens is 656 g/mol. The van der Waals surface area contributed by atoms with Gasteiger partial charge < -0.3 is 29.5 Å². The summed E-state index contributed by atoms with van der Waals surface area (Å²) >= 11 is 0. The molecule has 2 N–H and O–H groups in total. The molecule has 3 heterocycles. The minimum Gasteiger partial charge on any atom is -0.444 e. The fourth-order valence-electron chi connectivity index (χ4n) is 6.74. The molecule has 15 nitrogen and oxygen atoms in total. The second kappa shape index (κ2) is 14.2. The van der Waals surface area contributed by atoms with Crippen LogP contribution >= 0.6 is 0 Å². The van der Waals surface area contributed by atoms with Crippen LogP contribution in [0.15, 0.2) is 41.3 Å². The SMILES string of the molecule is CN(C(=O)OC(C)(C)C)C1[C@H]2CN(Cc3ccc(-n4ccc(NC(=O)N5CCN(C(=O)C(C)(C)NC(=O)OC(C)(C)C)CC5)nc4=O)cc3)C[C@@H]12. The number of piperazine rings is 1. The zero-order chi connectivity index (χ0) is 37.5. The molecule has 1 saturated carbocycles. The zero-order valence-electron chi connectivity index (χ0n) is 31.2. The number of rotatable bonds is 7. The summed E-state index contributed by atoms with van der Waals surface area (Å²) in [5.74, 6) is 0.748. The van der Waals surface area contributed by atoms with Gasteiger partial charge in [-0.05, 0) is 91.0 Å². The fourth-order valence-corrected chi connectivity index (χ4v) is 6.74. The van der Waals surface area contributed by atoms with Crippen LogP contribution in [0, 0.1) is 11.8 Å². The first kappa shape index (κ1) is 37.6. The predicted molar refractivity (Wildman–Crippen MR) is 190 cm³/mol. The maximum atomic E-state index is 13.1. The van der Waals surface area contributed by atoms with Gasteiger partial charge in [0.15, 0.2) is 0 Å². The Morgan fingerprint density at radius 2 is 1.41 bits per heavy atom. The fraction of sp³-hybridized carbons (Fsp3) is 0.611. The van der Waals surface area contributed by atoms with Gasteiger partial charge in [-0.3, -0.25) is 19.6 Å². The molecule has 2 aromatic rings. The van der Waals surface area contributed by atoms with Crippen LogP contribution in [0.25, 0.3) is 5.69 Å². The number of anilines is 1. The quantitative estimate of drug-likeness (QED) is 0.439. The van der Waals surface area contributed by atoms with Crippen LogP contribution in [-0.2, 0) is 20.8 Å². The van der Waals surface area contributed by atoms with Gasteiger partial charge in [0.25, 0.3) is 0 Å². The summed E-state index contributed by atoms with van der Waals surface area (Å²) < 4.78 is 12.2. The van der Waals surface area contributed by atoms with Crippen LogP contribution in [0.5, 0.6) is 0 Å². The van der Waals surface area contributed by atoms with Crippen LogP contribution in [0.4, 0.5) is 20.2 Å². The van der Waals surface area contributed by atoms with Gasteiger partial charge in [0.2, 0.25) is 5.91 Å². The molecule has 2 aliphatic heterocycles. The van der Waals surface area contributed by atoms with Crippen LogP contribution in [0.2, 0.25) is 0 Å². The summed E-state index contributed by atoms with van der Waals surface area (Å²) in [5.41, 5.74) is -1.16. The lowest BCUT2D eigenvalue weighted by molar-refractivity contribution is -0.138. The van der Waals surface area contributed by atoms with Crippen molar-refractivity contribution in [2.24, 2.45) is 11.8 Å². The Kier molecular flexibility index (Phi) is 10.4. The van der Waals surface area contributed by atoms with Crippen molar-refractivity contribution in [1.29, 1.82) is 0 Å².